The molecule has 0 atom stereocenters. The molecule has 0 bridgehead atoms. The van der Waals surface area contributed by atoms with Crippen LogP contribution in [0.1, 0.15) is 33.5 Å². The normalized spacial score (nSPS) is 11.0. The van der Waals surface area contributed by atoms with E-state index in [1.165, 1.54) is 11.1 Å². The molecule has 0 spiro atoms. The molecule has 18 heavy (non-hydrogen) atoms. The Hall–Kier alpha value is -1.88. The molecule has 2 rings (SSSR count). The molecule has 0 fully saturated rings. The Morgan fingerprint density at radius 3 is 3.11 bits per heavy atom. The number of rotatable bonds is 4. The van der Waals surface area contributed by atoms with E-state index < -0.39 is 0 Å². The third-order valence-electron chi connectivity index (χ3n) is 2.60. The zero-order valence-electron chi connectivity index (χ0n) is 10.3. The Balaban J connectivity index is 2.04. The predicted octanol–water partition coefficient (Wildman–Crippen LogP) is 2.98. The van der Waals surface area contributed by atoms with E-state index in [0.717, 1.165) is 12.0 Å². The van der Waals surface area contributed by atoms with Gasteiger partial charge in [-0.15, -0.1) is 11.3 Å². The van der Waals surface area contributed by atoms with Crippen molar-refractivity contribution < 1.29 is 9.21 Å². The zero-order valence-corrected chi connectivity index (χ0v) is 11.1. The summed E-state index contributed by atoms with van der Waals surface area (Å²) in [5.41, 5.74) is 4.30. The summed E-state index contributed by atoms with van der Waals surface area (Å²) in [7, 11) is 0. The van der Waals surface area contributed by atoms with Gasteiger partial charge in [0.15, 0.2) is 0 Å². The first kappa shape index (κ1) is 12.6. The van der Waals surface area contributed by atoms with Gasteiger partial charge in [-0.2, -0.15) is 5.10 Å². The lowest BCUT2D eigenvalue weighted by Crippen LogP contribution is -2.18. The van der Waals surface area contributed by atoms with Gasteiger partial charge in [-0.1, -0.05) is 6.92 Å². The maximum absolute atomic E-state index is 11.9. The van der Waals surface area contributed by atoms with Gasteiger partial charge in [0.25, 0.3) is 5.91 Å². The van der Waals surface area contributed by atoms with E-state index in [0.29, 0.717) is 11.3 Å². The summed E-state index contributed by atoms with van der Waals surface area (Å²) in [6, 6.07) is 3.53. The highest BCUT2D eigenvalue weighted by atomic mass is 32.1. The third kappa shape index (κ3) is 2.68. The Morgan fingerprint density at radius 2 is 2.44 bits per heavy atom. The van der Waals surface area contributed by atoms with Gasteiger partial charge in [0.1, 0.15) is 5.76 Å². The van der Waals surface area contributed by atoms with Crippen LogP contribution in [0.3, 0.4) is 0 Å². The minimum absolute atomic E-state index is 0.181. The van der Waals surface area contributed by atoms with Gasteiger partial charge in [-0.05, 0) is 31.0 Å². The molecule has 2 aromatic rings. The quantitative estimate of drug-likeness (QED) is 0.680. The van der Waals surface area contributed by atoms with Crippen molar-refractivity contribution in [3.63, 3.8) is 0 Å². The Morgan fingerprint density at radius 1 is 1.61 bits per heavy atom. The van der Waals surface area contributed by atoms with E-state index in [1.54, 1.807) is 29.7 Å². The molecule has 2 aromatic heterocycles. The highest BCUT2D eigenvalue weighted by Gasteiger charge is 2.13. The maximum atomic E-state index is 11.9. The van der Waals surface area contributed by atoms with Crippen LogP contribution in [0.15, 0.2) is 33.3 Å². The van der Waals surface area contributed by atoms with Crippen molar-refractivity contribution in [2.75, 3.05) is 0 Å². The van der Waals surface area contributed by atoms with Crippen molar-refractivity contribution in [1.29, 1.82) is 0 Å². The van der Waals surface area contributed by atoms with E-state index in [4.69, 9.17) is 4.42 Å². The standard InChI is InChI=1S/C13H14N2O2S/c1-3-11-9(2)18-8-12(11)13(16)15-14-7-10-5-4-6-17-10/h4-8H,3H2,1-2H3,(H,15,16). The first-order valence-electron chi connectivity index (χ1n) is 5.66. The van der Waals surface area contributed by atoms with Crippen molar-refractivity contribution in [2.45, 2.75) is 20.3 Å². The second-order valence-electron chi connectivity index (χ2n) is 3.75. The van der Waals surface area contributed by atoms with Crippen molar-refractivity contribution in [3.05, 3.63) is 45.5 Å². The monoisotopic (exact) mass is 262 g/mol. The minimum atomic E-state index is -0.181. The smallest absolute Gasteiger partial charge is 0.272 e. The SMILES string of the molecule is CCc1c(C(=O)NN=Cc2ccco2)csc1C. The molecule has 2 heterocycles. The van der Waals surface area contributed by atoms with E-state index in [9.17, 15) is 4.79 Å². The van der Waals surface area contributed by atoms with E-state index in [2.05, 4.69) is 10.5 Å². The molecule has 0 saturated heterocycles. The van der Waals surface area contributed by atoms with Crippen LogP contribution in [0.5, 0.6) is 0 Å². The molecule has 94 valence electrons. The molecule has 1 N–H and O–H groups in total. The fourth-order valence-electron chi connectivity index (χ4n) is 1.69. The van der Waals surface area contributed by atoms with Gasteiger partial charge < -0.3 is 4.42 Å². The summed E-state index contributed by atoms with van der Waals surface area (Å²) in [5.74, 6) is 0.423. The lowest BCUT2D eigenvalue weighted by atomic mass is 10.1. The van der Waals surface area contributed by atoms with E-state index >= 15 is 0 Å². The molecule has 0 aliphatic carbocycles. The maximum Gasteiger partial charge on any atom is 0.272 e. The second kappa shape index (κ2) is 5.64. The summed E-state index contributed by atoms with van der Waals surface area (Å²) in [4.78, 5) is 13.1. The fraction of sp³-hybridized carbons (Fsp3) is 0.231. The van der Waals surface area contributed by atoms with Crippen LogP contribution in [-0.2, 0) is 6.42 Å². The Kier molecular flexibility index (Phi) is 3.94. The van der Waals surface area contributed by atoms with E-state index in [-0.39, 0.29) is 5.91 Å². The van der Waals surface area contributed by atoms with Gasteiger partial charge in [-0.25, -0.2) is 5.43 Å². The Bertz CT molecular complexity index is 556. The first-order chi connectivity index (χ1) is 8.72. The van der Waals surface area contributed by atoms with Crippen molar-refractivity contribution in [3.8, 4) is 0 Å². The number of nitrogens with one attached hydrogen (secondary N) is 1. The molecule has 0 aromatic carbocycles. The van der Waals surface area contributed by atoms with Crippen LogP contribution in [0, 0.1) is 6.92 Å². The number of amides is 1. The number of aryl methyl sites for hydroxylation is 1. The summed E-state index contributed by atoms with van der Waals surface area (Å²) in [6.07, 6.45) is 3.88. The molecule has 0 radical (unpaired) electrons. The van der Waals surface area contributed by atoms with Crippen molar-refractivity contribution in [1.82, 2.24) is 5.43 Å². The summed E-state index contributed by atoms with van der Waals surface area (Å²) >= 11 is 1.58. The average Bonchev–Trinajstić information content (AvgIpc) is 2.98. The minimum Gasteiger partial charge on any atom is -0.463 e. The number of thiophene rings is 1. The van der Waals surface area contributed by atoms with Gasteiger partial charge >= 0.3 is 0 Å². The molecule has 0 aliphatic rings. The number of carbonyl (C=O) groups is 1. The topological polar surface area (TPSA) is 54.6 Å². The Labute approximate surface area is 109 Å². The molecule has 4 nitrogen and oxygen atoms in total. The van der Waals surface area contributed by atoms with Crippen LogP contribution in [-0.4, -0.2) is 12.1 Å². The van der Waals surface area contributed by atoms with Gasteiger partial charge in [-0.3, -0.25) is 4.79 Å². The second-order valence-corrected chi connectivity index (χ2v) is 4.84. The first-order valence-corrected chi connectivity index (χ1v) is 6.54. The molecule has 0 unspecified atom stereocenters. The lowest BCUT2D eigenvalue weighted by molar-refractivity contribution is 0.0954. The number of carbonyl (C=O) groups excluding carboxylic acids is 1. The van der Waals surface area contributed by atoms with Crippen LogP contribution < -0.4 is 5.43 Å². The molecule has 0 saturated carbocycles. The van der Waals surface area contributed by atoms with Crippen LogP contribution in [0.25, 0.3) is 0 Å². The molecule has 5 heteroatoms. The lowest BCUT2D eigenvalue weighted by Gasteiger charge is -2.01. The van der Waals surface area contributed by atoms with Crippen LogP contribution >= 0.6 is 11.3 Å². The molecule has 0 aliphatic heterocycles. The molecular weight excluding hydrogens is 248 g/mol. The predicted molar refractivity (Wildman–Crippen MR) is 72.2 cm³/mol. The van der Waals surface area contributed by atoms with Crippen LogP contribution in [0.2, 0.25) is 0 Å². The summed E-state index contributed by atoms with van der Waals surface area (Å²) in [5, 5.41) is 5.73. The summed E-state index contributed by atoms with van der Waals surface area (Å²) < 4.78 is 5.07. The third-order valence-corrected chi connectivity index (χ3v) is 3.56. The highest BCUT2D eigenvalue weighted by Crippen LogP contribution is 2.22. The zero-order chi connectivity index (χ0) is 13.0. The van der Waals surface area contributed by atoms with E-state index in [1.807, 2.05) is 19.2 Å². The largest absolute Gasteiger partial charge is 0.463 e. The molecule has 1 amide bonds. The van der Waals surface area contributed by atoms with Gasteiger partial charge in [0.05, 0.1) is 18.0 Å². The number of nitrogens with zero attached hydrogens (tertiary/aromatic N) is 1. The number of hydrogen-bond acceptors (Lipinski definition) is 4. The van der Waals surface area contributed by atoms with Crippen molar-refractivity contribution >= 4 is 23.5 Å². The number of hydrazone groups is 1. The highest BCUT2D eigenvalue weighted by molar-refractivity contribution is 7.10. The average molecular weight is 262 g/mol. The van der Waals surface area contributed by atoms with Gasteiger partial charge in [0, 0.05) is 10.3 Å². The summed E-state index contributed by atoms with van der Waals surface area (Å²) in [6.45, 7) is 4.06. The molecular formula is C13H14N2O2S. The van der Waals surface area contributed by atoms with Crippen molar-refractivity contribution in [2.24, 2.45) is 5.10 Å². The number of furan rings is 1. The van der Waals surface area contributed by atoms with Crippen LogP contribution in [0.4, 0.5) is 0 Å². The van der Waals surface area contributed by atoms with Gasteiger partial charge in [0.2, 0.25) is 0 Å². The fourth-order valence-corrected chi connectivity index (χ4v) is 2.63. The number of hydrogen-bond donors (Lipinski definition) is 1.